The van der Waals surface area contributed by atoms with Crippen LogP contribution in [-0.2, 0) is 21.6 Å². The number of fused-ring (bicyclic) bond motifs is 1. The van der Waals surface area contributed by atoms with Crippen LogP contribution in [0.3, 0.4) is 0 Å². The number of nitrogens with zero attached hydrogens (tertiary/aromatic N) is 3. The van der Waals surface area contributed by atoms with Crippen LogP contribution in [0.5, 0.6) is 5.75 Å². The number of Topliss-reactive ketones (excluding diaryl/α,β-unsaturated/α-hetero) is 1. The molecule has 6 rings (SSSR count). The molecule has 0 unspecified atom stereocenters. The van der Waals surface area contributed by atoms with Gasteiger partial charge in [-0.25, -0.2) is 14.3 Å². The highest BCUT2D eigenvalue weighted by Gasteiger charge is 2.52. The van der Waals surface area contributed by atoms with Crippen LogP contribution in [0.1, 0.15) is 58.3 Å². The number of hydrogen-bond acceptors (Lipinski definition) is 9. The third-order valence-corrected chi connectivity index (χ3v) is 16.0. The van der Waals surface area contributed by atoms with Crippen LogP contribution in [0.2, 0.25) is 5.04 Å². The van der Waals surface area contributed by atoms with Gasteiger partial charge in [0.2, 0.25) is 5.89 Å². The standard InChI is InChI=1S/C41H45N3O7SSi/c1-8-50-32(30-21-15-16-22-31(30)49-7)26-43-38-34(27(2)35(52-38)36-42-23-24-51-36)37(46)44(39(43)47)41(5,6)33(45)25-40(3,4)53(48,28-17-11-9-12-18-28)29-19-13-10-14-20-29/h9-24,32,48H,8,25-26H2,1-7H3/t32-/m0/s1. The van der Waals surface area contributed by atoms with Gasteiger partial charge < -0.3 is 18.7 Å². The summed E-state index contributed by atoms with van der Waals surface area (Å²) < 4.78 is 20.1. The molecule has 1 N–H and O–H groups in total. The van der Waals surface area contributed by atoms with E-state index in [4.69, 9.17) is 13.9 Å². The minimum atomic E-state index is -3.60. The third kappa shape index (κ3) is 6.65. The topological polar surface area (TPSA) is 126 Å². The van der Waals surface area contributed by atoms with Gasteiger partial charge in [0.05, 0.1) is 30.1 Å². The van der Waals surface area contributed by atoms with Crippen molar-refractivity contribution >= 4 is 46.0 Å². The van der Waals surface area contributed by atoms with Crippen molar-refractivity contribution < 1.29 is 23.5 Å². The van der Waals surface area contributed by atoms with Gasteiger partial charge in [0.15, 0.2) is 5.78 Å². The third-order valence-electron chi connectivity index (χ3n) is 10.2. The fourth-order valence-corrected chi connectivity index (χ4v) is 12.2. The van der Waals surface area contributed by atoms with Crippen LogP contribution in [0.4, 0.5) is 0 Å². The molecule has 0 aliphatic heterocycles. The van der Waals surface area contributed by atoms with E-state index in [-0.39, 0.29) is 24.1 Å². The molecule has 0 saturated carbocycles. The highest BCUT2D eigenvalue weighted by molar-refractivity contribution is 7.22. The van der Waals surface area contributed by atoms with E-state index < -0.39 is 36.2 Å². The van der Waals surface area contributed by atoms with Gasteiger partial charge in [0, 0.05) is 18.6 Å². The zero-order valence-electron chi connectivity index (χ0n) is 31.1. The van der Waals surface area contributed by atoms with Crippen LogP contribution in [-0.4, -0.2) is 46.7 Å². The molecule has 0 aliphatic rings. The Kier molecular flexibility index (Phi) is 10.6. The highest BCUT2D eigenvalue weighted by Crippen LogP contribution is 2.42. The second kappa shape index (κ2) is 14.9. The summed E-state index contributed by atoms with van der Waals surface area (Å²) in [4.78, 5) is 62.6. The Bertz CT molecular complexity index is 2310. The number of aryl methyl sites for hydroxylation is 1. The molecule has 3 heterocycles. The van der Waals surface area contributed by atoms with Gasteiger partial charge >= 0.3 is 5.69 Å². The molecule has 0 amide bonds. The van der Waals surface area contributed by atoms with Crippen molar-refractivity contribution in [3.05, 3.63) is 129 Å². The number of oxazole rings is 1. The predicted molar refractivity (Wildman–Crippen MR) is 211 cm³/mol. The second-order valence-electron chi connectivity index (χ2n) is 14.3. The minimum Gasteiger partial charge on any atom is -0.496 e. The number of carbonyl (C=O) groups excluding carboxylic acids is 1. The van der Waals surface area contributed by atoms with E-state index in [2.05, 4.69) is 4.98 Å². The first-order chi connectivity index (χ1) is 25.3. The maximum absolute atomic E-state index is 14.9. The summed E-state index contributed by atoms with van der Waals surface area (Å²) in [5.41, 5.74) is -1.54. The van der Waals surface area contributed by atoms with Gasteiger partial charge in [-0.2, -0.15) is 0 Å². The van der Waals surface area contributed by atoms with E-state index in [1.807, 2.05) is 106 Å². The zero-order chi connectivity index (χ0) is 38.1. The van der Waals surface area contributed by atoms with Crippen molar-refractivity contribution in [1.29, 1.82) is 0 Å². The fourth-order valence-electron chi connectivity index (χ4n) is 7.26. The van der Waals surface area contributed by atoms with E-state index in [9.17, 15) is 19.2 Å². The van der Waals surface area contributed by atoms with Crippen LogP contribution >= 0.6 is 11.3 Å². The maximum atomic E-state index is 14.9. The van der Waals surface area contributed by atoms with Gasteiger partial charge in [-0.1, -0.05) is 92.7 Å². The lowest BCUT2D eigenvalue weighted by molar-refractivity contribution is -0.127. The van der Waals surface area contributed by atoms with Crippen molar-refractivity contribution in [2.24, 2.45) is 0 Å². The summed E-state index contributed by atoms with van der Waals surface area (Å²) in [5, 5.41) is 0.845. The smallest absolute Gasteiger partial charge is 0.333 e. The molecule has 0 bridgehead atoms. The van der Waals surface area contributed by atoms with Crippen molar-refractivity contribution in [2.75, 3.05) is 13.7 Å². The molecule has 10 nitrogen and oxygen atoms in total. The largest absolute Gasteiger partial charge is 0.496 e. The monoisotopic (exact) mass is 751 g/mol. The summed E-state index contributed by atoms with van der Waals surface area (Å²) in [6.45, 7) is 11.0. The van der Waals surface area contributed by atoms with Crippen LogP contribution in [0.15, 0.2) is 111 Å². The Morgan fingerprint density at radius 3 is 2.13 bits per heavy atom. The number of aromatic nitrogens is 3. The molecule has 3 aromatic carbocycles. The van der Waals surface area contributed by atoms with Gasteiger partial charge in [0.25, 0.3) is 13.9 Å². The Balaban J connectivity index is 1.52. The summed E-state index contributed by atoms with van der Waals surface area (Å²) in [6, 6.07) is 26.3. The Morgan fingerprint density at radius 1 is 0.962 bits per heavy atom. The number of ether oxygens (including phenoxy) is 2. The molecule has 12 heteroatoms. The average Bonchev–Trinajstić information content (AvgIpc) is 3.81. The molecule has 0 saturated heterocycles. The SMILES string of the molecule is CCO[C@@H](Cn1c(=O)n(C(C)(C)C(=O)CC(C)(C)[Si](O)(c2ccccc2)c2ccccc2)c(=O)c2c(C)c(-c3ncco3)sc21)c1ccccc1OC. The van der Waals surface area contributed by atoms with E-state index in [0.29, 0.717) is 33.5 Å². The molecular weight excluding hydrogens is 707 g/mol. The number of para-hydroxylation sites is 1. The lowest BCUT2D eigenvalue weighted by Gasteiger charge is -2.42. The highest BCUT2D eigenvalue weighted by atomic mass is 32.1. The van der Waals surface area contributed by atoms with Gasteiger partial charge in [-0.3, -0.25) is 14.2 Å². The first-order valence-corrected chi connectivity index (χ1v) is 20.3. The molecule has 276 valence electrons. The van der Waals surface area contributed by atoms with E-state index >= 15 is 0 Å². The fraction of sp³-hybridized carbons (Fsp3) is 0.317. The summed E-state index contributed by atoms with van der Waals surface area (Å²) >= 11 is 1.23. The molecular formula is C41H45N3O7SSi. The quantitative estimate of drug-likeness (QED) is 0.131. The van der Waals surface area contributed by atoms with Gasteiger partial charge in [-0.05, 0) is 54.7 Å². The number of methoxy groups -OCH3 is 1. The van der Waals surface area contributed by atoms with Crippen molar-refractivity contribution in [1.82, 2.24) is 14.1 Å². The molecule has 0 fully saturated rings. The van der Waals surface area contributed by atoms with Crippen LogP contribution in [0, 0.1) is 6.92 Å². The molecule has 1 atom stereocenters. The predicted octanol–water partition coefficient (Wildman–Crippen LogP) is 6.20. The minimum absolute atomic E-state index is 0.0270. The lowest BCUT2D eigenvalue weighted by Crippen LogP contribution is -2.66. The number of rotatable bonds is 14. The molecule has 53 heavy (non-hydrogen) atoms. The Labute approximate surface area is 313 Å². The summed E-state index contributed by atoms with van der Waals surface area (Å²) in [7, 11) is -2.03. The maximum Gasteiger partial charge on any atom is 0.333 e. The van der Waals surface area contributed by atoms with Crippen molar-refractivity contribution in [3.8, 4) is 16.5 Å². The summed E-state index contributed by atoms with van der Waals surface area (Å²) in [5.74, 6) is 0.554. The normalized spacial score (nSPS) is 13.0. The number of thiophene rings is 1. The first kappa shape index (κ1) is 37.9. The number of ketones is 1. The molecule has 0 aliphatic carbocycles. The van der Waals surface area contributed by atoms with Gasteiger partial charge in [-0.15, -0.1) is 11.3 Å². The van der Waals surface area contributed by atoms with E-state index in [0.717, 1.165) is 20.5 Å². The Hall–Kier alpha value is -4.88. The van der Waals surface area contributed by atoms with Crippen molar-refractivity contribution in [3.63, 3.8) is 0 Å². The average molecular weight is 752 g/mol. The Morgan fingerprint density at radius 2 is 1.57 bits per heavy atom. The number of hydrogen-bond donors (Lipinski definition) is 1. The lowest BCUT2D eigenvalue weighted by atomic mass is 9.91. The van der Waals surface area contributed by atoms with E-state index in [1.165, 1.54) is 28.4 Å². The van der Waals surface area contributed by atoms with Crippen LogP contribution < -0.4 is 26.4 Å². The molecule has 0 spiro atoms. The summed E-state index contributed by atoms with van der Waals surface area (Å²) in [6.07, 6.45) is 2.24. The molecule has 0 radical (unpaired) electrons. The zero-order valence-corrected chi connectivity index (χ0v) is 32.9. The second-order valence-corrected chi connectivity index (χ2v) is 19.2. The number of benzene rings is 3. The van der Waals surface area contributed by atoms with Crippen molar-refractivity contribution in [2.45, 2.75) is 71.2 Å². The van der Waals surface area contributed by atoms with Crippen LogP contribution in [0.25, 0.3) is 21.0 Å². The number of carbonyl (C=O) groups is 1. The van der Waals surface area contributed by atoms with Gasteiger partial charge in [0.1, 0.15) is 28.5 Å². The van der Waals surface area contributed by atoms with E-state index in [1.54, 1.807) is 27.9 Å². The first-order valence-electron chi connectivity index (χ1n) is 17.6. The molecule has 3 aromatic heterocycles. The molecule has 6 aromatic rings.